The molecule has 24 heavy (non-hydrogen) atoms. The van der Waals surface area contributed by atoms with Gasteiger partial charge in [-0.2, -0.15) is 0 Å². The van der Waals surface area contributed by atoms with Crippen LogP contribution in [0.5, 0.6) is 11.5 Å². The van der Waals surface area contributed by atoms with Crippen molar-refractivity contribution in [2.75, 3.05) is 13.3 Å². The van der Waals surface area contributed by atoms with E-state index in [1.54, 1.807) is 49.4 Å². The van der Waals surface area contributed by atoms with Gasteiger partial charge in [-0.15, -0.1) is 0 Å². The second kappa shape index (κ2) is 6.43. The van der Waals surface area contributed by atoms with Gasteiger partial charge < -0.3 is 14.6 Å². The van der Waals surface area contributed by atoms with Crippen molar-refractivity contribution in [3.8, 4) is 11.5 Å². The van der Waals surface area contributed by atoms with Gasteiger partial charge in [-0.05, 0) is 30.2 Å². The van der Waals surface area contributed by atoms with Gasteiger partial charge in [0.2, 0.25) is 16.8 Å². The first kappa shape index (κ1) is 16.8. The molecule has 0 saturated heterocycles. The van der Waals surface area contributed by atoms with E-state index >= 15 is 0 Å². The van der Waals surface area contributed by atoms with Crippen molar-refractivity contribution >= 4 is 10.0 Å². The average Bonchev–Trinajstić information content (AvgIpc) is 3.01. The maximum atomic E-state index is 12.2. The molecule has 3 rings (SSSR count). The maximum Gasteiger partial charge on any atom is 0.231 e. The van der Waals surface area contributed by atoms with Gasteiger partial charge in [-0.25, -0.2) is 13.1 Å². The maximum absolute atomic E-state index is 12.2. The number of rotatable bonds is 6. The molecule has 0 aromatic heterocycles. The Bertz CT molecular complexity index is 818. The quantitative estimate of drug-likeness (QED) is 0.830. The van der Waals surface area contributed by atoms with E-state index in [1.165, 1.54) is 0 Å². The normalized spacial score (nSPS) is 15.9. The van der Waals surface area contributed by atoms with Crippen molar-refractivity contribution in [3.05, 3.63) is 59.7 Å². The highest BCUT2D eigenvalue weighted by atomic mass is 32.2. The van der Waals surface area contributed by atoms with Gasteiger partial charge in [-0.1, -0.05) is 36.4 Å². The minimum absolute atomic E-state index is 0.134. The van der Waals surface area contributed by atoms with E-state index in [0.717, 1.165) is 0 Å². The van der Waals surface area contributed by atoms with Crippen molar-refractivity contribution in [1.82, 2.24) is 4.72 Å². The molecule has 1 aliphatic heterocycles. The van der Waals surface area contributed by atoms with Crippen LogP contribution in [0, 0.1) is 0 Å². The summed E-state index contributed by atoms with van der Waals surface area (Å²) in [5, 5.41) is 10.6. The van der Waals surface area contributed by atoms with Crippen molar-refractivity contribution < 1.29 is 23.0 Å². The van der Waals surface area contributed by atoms with Crippen LogP contribution in [0.25, 0.3) is 0 Å². The first-order valence-corrected chi connectivity index (χ1v) is 9.15. The van der Waals surface area contributed by atoms with Crippen LogP contribution < -0.4 is 14.2 Å². The van der Waals surface area contributed by atoms with Crippen molar-refractivity contribution in [2.24, 2.45) is 0 Å². The highest BCUT2D eigenvalue weighted by molar-refractivity contribution is 7.88. The summed E-state index contributed by atoms with van der Waals surface area (Å²) in [6, 6.07) is 13.9. The SMILES string of the molecule is CC(O)(CNS(=O)(=O)Cc1ccccc1)c1ccc2c(c1)OCO2. The summed E-state index contributed by atoms with van der Waals surface area (Å²) in [5.41, 5.74) is -0.132. The van der Waals surface area contributed by atoms with Gasteiger partial charge in [0.15, 0.2) is 11.5 Å². The minimum Gasteiger partial charge on any atom is -0.454 e. The molecule has 1 aliphatic rings. The average molecular weight is 349 g/mol. The second-order valence-electron chi connectivity index (χ2n) is 5.91. The lowest BCUT2D eigenvalue weighted by Gasteiger charge is -2.24. The predicted octanol–water partition coefficient (Wildman–Crippen LogP) is 1.74. The fourth-order valence-electron chi connectivity index (χ4n) is 2.43. The molecule has 2 aromatic rings. The molecular formula is C17H19NO5S. The lowest BCUT2D eigenvalue weighted by molar-refractivity contribution is 0.0625. The minimum atomic E-state index is -3.55. The van der Waals surface area contributed by atoms with Crippen LogP contribution in [0.1, 0.15) is 18.1 Å². The van der Waals surface area contributed by atoms with E-state index in [2.05, 4.69) is 4.72 Å². The van der Waals surface area contributed by atoms with E-state index in [-0.39, 0.29) is 19.1 Å². The Hall–Kier alpha value is -2.09. The van der Waals surface area contributed by atoms with Gasteiger partial charge in [0.1, 0.15) is 5.60 Å². The largest absolute Gasteiger partial charge is 0.454 e. The van der Waals surface area contributed by atoms with Crippen LogP contribution in [0.4, 0.5) is 0 Å². The molecule has 0 spiro atoms. The van der Waals surface area contributed by atoms with Gasteiger partial charge in [0.25, 0.3) is 0 Å². The molecule has 7 heteroatoms. The predicted molar refractivity (Wildman–Crippen MR) is 89.2 cm³/mol. The van der Waals surface area contributed by atoms with Crippen LogP contribution >= 0.6 is 0 Å². The Morgan fingerprint density at radius 3 is 2.58 bits per heavy atom. The Morgan fingerprint density at radius 1 is 1.12 bits per heavy atom. The molecule has 0 radical (unpaired) electrons. The summed E-state index contributed by atoms with van der Waals surface area (Å²) in [7, 11) is -3.55. The number of hydrogen-bond donors (Lipinski definition) is 2. The number of nitrogens with one attached hydrogen (secondary N) is 1. The summed E-state index contributed by atoms with van der Waals surface area (Å²) >= 11 is 0. The number of aliphatic hydroxyl groups is 1. The van der Waals surface area contributed by atoms with Gasteiger partial charge in [0.05, 0.1) is 5.75 Å². The third-order valence-electron chi connectivity index (χ3n) is 3.83. The molecule has 2 aromatic carbocycles. The Kier molecular flexibility index (Phi) is 4.49. The van der Waals surface area contributed by atoms with E-state index in [9.17, 15) is 13.5 Å². The summed E-state index contributed by atoms with van der Waals surface area (Å²) in [6.07, 6.45) is 0. The summed E-state index contributed by atoms with van der Waals surface area (Å²) in [6.45, 7) is 1.56. The summed E-state index contributed by atoms with van der Waals surface area (Å²) in [4.78, 5) is 0. The molecule has 0 aliphatic carbocycles. The third-order valence-corrected chi connectivity index (χ3v) is 5.13. The molecule has 0 amide bonds. The highest BCUT2D eigenvalue weighted by Gasteiger charge is 2.28. The van der Waals surface area contributed by atoms with E-state index in [0.29, 0.717) is 22.6 Å². The van der Waals surface area contributed by atoms with Crippen LogP contribution in [0.2, 0.25) is 0 Å². The lowest BCUT2D eigenvalue weighted by atomic mass is 9.96. The van der Waals surface area contributed by atoms with E-state index < -0.39 is 15.6 Å². The molecular weight excluding hydrogens is 330 g/mol. The summed E-state index contributed by atoms with van der Waals surface area (Å²) < 4.78 is 37.4. The molecule has 1 heterocycles. The first-order chi connectivity index (χ1) is 11.4. The van der Waals surface area contributed by atoms with Crippen molar-refractivity contribution in [1.29, 1.82) is 0 Å². The fourth-order valence-corrected chi connectivity index (χ4v) is 3.66. The Labute approximate surface area is 141 Å². The fraction of sp³-hybridized carbons (Fsp3) is 0.294. The van der Waals surface area contributed by atoms with Gasteiger partial charge in [-0.3, -0.25) is 0 Å². The Balaban J connectivity index is 1.68. The smallest absolute Gasteiger partial charge is 0.231 e. The first-order valence-electron chi connectivity index (χ1n) is 7.49. The van der Waals surface area contributed by atoms with Gasteiger partial charge in [0, 0.05) is 6.54 Å². The molecule has 1 atom stereocenters. The number of fused-ring (bicyclic) bond motifs is 1. The van der Waals surface area contributed by atoms with Crippen LogP contribution in [-0.4, -0.2) is 26.9 Å². The van der Waals surface area contributed by atoms with E-state index in [1.807, 2.05) is 6.07 Å². The van der Waals surface area contributed by atoms with Crippen LogP contribution in [-0.2, 0) is 21.4 Å². The number of ether oxygens (including phenoxy) is 2. The van der Waals surface area contributed by atoms with Crippen molar-refractivity contribution in [3.63, 3.8) is 0 Å². The second-order valence-corrected chi connectivity index (χ2v) is 7.71. The molecule has 6 nitrogen and oxygen atoms in total. The topological polar surface area (TPSA) is 84.9 Å². The van der Waals surface area contributed by atoms with E-state index in [4.69, 9.17) is 9.47 Å². The van der Waals surface area contributed by atoms with Crippen molar-refractivity contribution in [2.45, 2.75) is 18.3 Å². The molecule has 1 unspecified atom stereocenters. The van der Waals surface area contributed by atoms with Crippen LogP contribution in [0.15, 0.2) is 48.5 Å². The molecule has 0 bridgehead atoms. The lowest BCUT2D eigenvalue weighted by Crippen LogP contribution is -2.39. The number of hydrogen-bond acceptors (Lipinski definition) is 5. The standard InChI is InChI=1S/C17H19NO5S/c1-17(19,14-7-8-15-16(9-14)23-12-22-15)11-18-24(20,21)10-13-5-3-2-4-6-13/h2-9,18-19H,10-12H2,1H3. The zero-order chi connectivity index (χ0) is 17.2. The molecule has 128 valence electrons. The molecule has 0 saturated carbocycles. The highest BCUT2D eigenvalue weighted by Crippen LogP contribution is 2.35. The monoisotopic (exact) mass is 349 g/mol. The zero-order valence-electron chi connectivity index (χ0n) is 13.2. The van der Waals surface area contributed by atoms with Crippen LogP contribution in [0.3, 0.4) is 0 Å². The zero-order valence-corrected chi connectivity index (χ0v) is 14.0. The number of sulfonamides is 1. The Morgan fingerprint density at radius 2 is 1.83 bits per heavy atom. The summed E-state index contributed by atoms with van der Waals surface area (Å²) in [5.74, 6) is 1.02. The molecule has 2 N–H and O–H groups in total. The third kappa shape index (κ3) is 3.87. The molecule has 0 fully saturated rings. The van der Waals surface area contributed by atoms with Gasteiger partial charge >= 0.3 is 0 Å². The number of benzene rings is 2.